The van der Waals surface area contributed by atoms with Crippen molar-refractivity contribution in [3.63, 3.8) is 0 Å². The van der Waals surface area contributed by atoms with E-state index in [1.807, 2.05) is 32.1 Å². The molecule has 0 aromatic heterocycles. The first-order valence-electron chi connectivity index (χ1n) is 7.79. The molecule has 6 heteroatoms. The molecule has 0 aliphatic heterocycles. The summed E-state index contributed by atoms with van der Waals surface area (Å²) in [6.45, 7) is 8.60. The van der Waals surface area contributed by atoms with Crippen LogP contribution < -0.4 is 5.32 Å². The quantitative estimate of drug-likeness (QED) is 0.529. The molecule has 1 atom stereocenters. The Morgan fingerprint density at radius 3 is 2.39 bits per heavy atom. The van der Waals surface area contributed by atoms with Crippen LogP contribution in [0.1, 0.15) is 47.5 Å². The number of hydrogen-bond acceptors (Lipinski definition) is 5. The van der Waals surface area contributed by atoms with E-state index in [1.165, 1.54) is 0 Å². The lowest BCUT2D eigenvalue weighted by Crippen LogP contribution is -2.46. The largest absolute Gasteiger partial charge is 0.460 e. The molecule has 1 amide bonds. The molecule has 0 saturated heterocycles. The zero-order valence-corrected chi connectivity index (χ0v) is 14.7. The van der Waals surface area contributed by atoms with E-state index in [2.05, 4.69) is 5.32 Å². The summed E-state index contributed by atoms with van der Waals surface area (Å²) in [5.41, 5.74) is 0.259. The Hall–Kier alpha value is -1.82. The summed E-state index contributed by atoms with van der Waals surface area (Å²) < 4.78 is 10.2. The van der Waals surface area contributed by atoms with Crippen LogP contribution in [0.2, 0.25) is 0 Å². The summed E-state index contributed by atoms with van der Waals surface area (Å²) in [4.78, 5) is 23.6. The minimum absolute atomic E-state index is 0.121. The molecule has 6 nitrogen and oxygen atoms in total. The lowest BCUT2D eigenvalue weighted by molar-refractivity contribution is -0.146. The van der Waals surface area contributed by atoms with E-state index in [9.17, 15) is 14.7 Å². The van der Waals surface area contributed by atoms with Gasteiger partial charge in [0, 0.05) is 0 Å². The van der Waals surface area contributed by atoms with Crippen molar-refractivity contribution in [1.29, 1.82) is 0 Å². The van der Waals surface area contributed by atoms with E-state index in [1.54, 1.807) is 20.8 Å². The van der Waals surface area contributed by atoms with Gasteiger partial charge in [-0.05, 0) is 46.1 Å². The van der Waals surface area contributed by atoms with E-state index in [0.29, 0.717) is 6.42 Å². The van der Waals surface area contributed by atoms with Gasteiger partial charge in [-0.3, -0.25) is 0 Å². The Morgan fingerprint density at radius 2 is 1.91 bits per heavy atom. The molecule has 0 bridgehead atoms. The molecule has 0 aromatic rings. The van der Waals surface area contributed by atoms with Crippen molar-refractivity contribution in [2.75, 3.05) is 13.2 Å². The normalized spacial score (nSPS) is 13.7. The van der Waals surface area contributed by atoms with Gasteiger partial charge in [0.2, 0.25) is 0 Å². The van der Waals surface area contributed by atoms with Gasteiger partial charge < -0.3 is 19.9 Å². The van der Waals surface area contributed by atoms with Crippen molar-refractivity contribution < 1.29 is 24.2 Å². The van der Waals surface area contributed by atoms with Gasteiger partial charge in [-0.1, -0.05) is 25.2 Å². The van der Waals surface area contributed by atoms with E-state index in [-0.39, 0.29) is 6.61 Å². The molecule has 0 heterocycles. The molecule has 132 valence electrons. The molecule has 0 aromatic carbocycles. The predicted molar refractivity (Wildman–Crippen MR) is 89.0 cm³/mol. The SMILES string of the molecule is C/C=C(\C/C=C\CC)COC(=O)C(CO)NC(=O)OC(C)(C)C. The van der Waals surface area contributed by atoms with E-state index in [0.717, 1.165) is 12.0 Å². The lowest BCUT2D eigenvalue weighted by Gasteiger charge is -2.22. The second kappa shape index (κ2) is 10.8. The highest BCUT2D eigenvalue weighted by atomic mass is 16.6. The maximum Gasteiger partial charge on any atom is 0.408 e. The smallest absolute Gasteiger partial charge is 0.408 e. The second-order valence-corrected chi connectivity index (χ2v) is 6.02. The summed E-state index contributed by atoms with van der Waals surface area (Å²) >= 11 is 0. The molecule has 0 aliphatic carbocycles. The third-order valence-corrected chi connectivity index (χ3v) is 2.75. The van der Waals surface area contributed by atoms with Gasteiger partial charge in [-0.15, -0.1) is 0 Å². The first kappa shape index (κ1) is 21.2. The molecule has 0 radical (unpaired) electrons. The fourth-order valence-corrected chi connectivity index (χ4v) is 1.55. The maximum atomic E-state index is 11.9. The third kappa shape index (κ3) is 10.5. The molecule has 0 aliphatic rings. The Bertz CT molecular complexity index is 435. The number of rotatable bonds is 8. The second-order valence-electron chi connectivity index (χ2n) is 6.02. The van der Waals surface area contributed by atoms with Crippen LogP contribution in [0.4, 0.5) is 4.79 Å². The summed E-state index contributed by atoms with van der Waals surface area (Å²) in [6, 6.07) is -1.14. The number of nitrogens with one attached hydrogen (secondary N) is 1. The maximum absolute atomic E-state index is 11.9. The number of carbonyl (C=O) groups excluding carboxylic acids is 2. The number of ether oxygens (including phenoxy) is 2. The van der Waals surface area contributed by atoms with Crippen LogP contribution in [0.3, 0.4) is 0 Å². The van der Waals surface area contributed by atoms with Crippen LogP contribution in [0.15, 0.2) is 23.8 Å². The minimum Gasteiger partial charge on any atom is -0.460 e. The Morgan fingerprint density at radius 1 is 1.26 bits per heavy atom. The fourth-order valence-electron chi connectivity index (χ4n) is 1.55. The van der Waals surface area contributed by atoms with Crippen molar-refractivity contribution in [2.45, 2.75) is 59.1 Å². The van der Waals surface area contributed by atoms with Gasteiger partial charge in [0.05, 0.1) is 6.61 Å². The van der Waals surface area contributed by atoms with Crippen LogP contribution >= 0.6 is 0 Å². The van der Waals surface area contributed by atoms with Gasteiger partial charge in [0.15, 0.2) is 6.04 Å². The topological polar surface area (TPSA) is 84.9 Å². The Balaban J connectivity index is 4.44. The van der Waals surface area contributed by atoms with Crippen LogP contribution in [0.25, 0.3) is 0 Å². The number of allylic oxidation sites excluding steroid dienone is 3. The number of aliphatic hydroxyl groups excluding tert-OH is 1. The van der Waals surface area contributed by atoms with Crippen molar-refractivity contribution in [2.24, 2.45) is 0 Å². The first-order chi connectivity index (χ1) is 10.7. The number of alkyl carbamates (subject to hydrolysis) is 1. The highest BCUT2D eigenvalue weighted by Crippen LogP contribution is 2.08. The van der Waals surface area contributed by atoms with Crippen LogP contribution in [0, 0.1) is 0 Å². The van der Waals surface area contributed by atoms with Crippen LogP contribution in [-0.4, -0.2) is 42.0 Å². The molecule has 0 fully saturated rings. The monoisotopic (exact) mass is 327 g/mol. The summed E-state index contributed by atoms with van der Waals surface area (Å²) in [5, 5.41) is 11.5. The summed E-state index contributed by atoms with van der Waals surface area (Å²) in [6.07, 6.45) is 6.79. The van der Waals surface area contributed by atoms with E-state index in [4.69, 9.17) is 9.47 Å². The summed E-state index contributed by atoms with van der Waals surface area (Å²) in [5.74, 6) is -0.697. The zero-order chi connectivity index (χ0) is 17.9. The zero-order valence-electron chi connectivity index (χ0n) is 14.7. The first-order valence-corrected chi connectivity index (χ1v) is 7.79. The Labute approximate surface area is 138 Å². The molecule has 23 heavy (non-hydrogen) atoms. The lowest BCUT2D eigenvalue weighted by atomic mass is 10.2. The average Bonchev–Trinajstić information content (AvgIpc) is 2.46. The van der Waals surface area contributed by atoms with Crippen molar-refractivity contribution in [1.82, 2.24) is 5.32 Å². The highest BCUT2D eigenvalue weighted by molar-refractivity contribution is 5.81. The fraction of sp³-hybridized carbons (Fsp3) is 0.647. The summed E-state index contributed by atoms with van der Waals surface area (Å²) in [7, 11) is 0. The van der Waals surface area contributed by atoms with Crippen molar-refractivity contribution >= 4 is 12.1 Å². The van der Waals surface area contributed by atoms with Gasteiger partial charge in [0.1, 0.15) is 12.2 Å². The number of amides is 1. The van der Waals surface area contributed by atoms with Gasteiger partial charge in [-0.25, -0.2) is 9.59 Å². The molecule has 0 spiro atoms. The number of hydrogen-bond donors (Lipinski definition) is 2. The van der Waals surface area contributed by atoms with Crippen LogP contribution in [-0.2, 0) is 14.3 Å². The van der Waals surface area contributed by atoms with E-state index < -0.39 is 30.3 Å². The Kier molecular flexibility index (Phi) is 9.97. The average molecular weight is 327 g/mol. The highest BCUT2D eigenvalue weighted by Gasteiger charge is 2.24. The number of aliphatic hydroxyl groups is 1. The molecule has 0 rings (SSSR count). The van der Waals surface area contributed by atoms with Crippen LogP contribution in [0.5, 0.6) is 0 Å². The van der Waals surface area contributed by atoms with Crippen molar-refractivity contribution in [3.8, 4) is 0 Å². The molecular formula is C17H29NO5. The predicted octanol–water partition coefficient (Wildman–Crippen LogP) is 2.72. The third-order valence-electron chi connectivity index (χ3n) is 2.75. The molecule has 2 N–H and O–H groups in total. The van der Waals surface area contributed by atoms with Gasteiger partial charge in [-0.2, -0.15) is 0 Å². The molecule has 0 saturated carbocycles. The number of esters is 1. The minimum atomic E-state index is -1.14. The van der Waals surface area contributed by atoms with Gasteiger partial charge in [0.25, 0.3) is 0 Å². The van der Waals surface area contributed by atoms with Gasteiger partial charge >= 0.3 is 12.1 Å². The standard InChI is InChI=1S/C17H29NO5/c1-6-8-9-10-13(7-2)12-22-15(20)14(11-19)18-16(21)23-17(3,4)5/h7-9,14,19H,6,10-12H2,1-5H3,(H,18,21)/b9-8-,13-7+. The van der Waals surface area contributed by atoms with E-state index >= 15 is 0 Å². The van der Waals surface area contributed by atoms with Crippen molar-refractivity contribution in [3.05, 3.63) is 23.8 Å². The molecule has 1 unspecified atom stereocenters. The molecular weight excluding hydrogens is 298 g/mol. The number of carbonyl (C=O) groups is 2.